The third-order valence-electron chi connectivity index (χ3n) is 1.64. The second kappa shape index (κ2) is 5.12. The van der Waals surface area contributed by atoms with Crippen molar-refractivity contribution >= 4 is 11.6 Å². The molecule has 78 valence electrons. The van der Waals surface area contributed by atoms with Crippen LogP contribution in [0.4, 0.5) is 8.78 Å². The molecule has 0 fully saturated rings. The van der Waals surface area contributed by atoms with Gasteiger partial charge in [0.2, 0.25) is 0 Å². The highest BCUT2D eigenvalue weighted by atomic mass is 35.5. The highest BCUT2D eigenvalue weighted by Gasteiger charge is 2.14. The van der Waals surface area contributed by atoms with E-state index in [1.807, 2.05) is 0 Å². The fourth-order valence-corrected chi connectivity index (χ4v) is 1.21. The average Bonchev–Trinajstić information content (AvgIpc) is 2.16. The Hall–Kier alpha value is -0.870. The third kappa shape index (κ3) is 2.82. The summed E-state index contributed by atoms with van der Waals surface area (Å²) in [5.74, 6) is -0.112. The topological polar surface area (TPSA) is 29.5 Å². The number of halogens is 3. The minimum atomic E-state index is -2.90. The summed E-state index contributed by atoms with van der Waals surface area (Å²) in [5.41, 5.74) is 0.266. The van der Waals surface area contributed by atoms with Gasteiger partial charge in [0.05, 0.1) is 12.0 Å². The van der Waals surface area contributed by atoms with Gasteiger partial charge in [0.25, 0.3) is 0 Å². The van der Waals surface area contributed by atoms with Gasteiger partial charge < -0.3 is 9.84 Å². The molecular formula is C9H9ClF2O2. The van der Waals surface area contributed by atoms with E-state index in [9.17, 15) is 13.9 Å². The van der Waals surface area contributed by atoms with Crippen LogP contribution in [-0.4, -0.2) is 17.6 Å². The second-order valence-corrected chi connectivity index (χ2v) is 2.90. The van der Waals surface area contributed by atoms with Gasteiger partial charge in [-0.25, -0.2) is 0 Å². The van der Waals surface area contributed by atoms with Gasteiger partial charge in [0, 0.05) is 5.56 Å². The van der Waals surface area contributed by atoms with Crippen LogP contribution in [0.25, 0.3) is 0 Å². The molecule has 0 bridgehead atoms. The molecular weight excluding hydrogens is 214 g/mol. The molecule has 0 unspecified atom stereocenters. The van der Waals surface area contributed by atoms with Gasteiger partial charge in [-0.15, -0.1) is 11.6 Å². The molecule has 1 rings (SSSR count). The van der Waals surface area contributed by atoms with Crippen LogP contribution in [0.2, 0.25) is 0 Å². The van der Waals surface area contributed by atoms with Gasteiger partial charge in [-0.3, -0.25) is 0 Å². The van der Waals surface area contributed by atoms with Crippen molar-refractivity contribution in [2.75, 3.05) is 5.88 Å². The molecule has 1 atom stereocenters. The largest absolute Gasteiger partial charge is 0.434 e. The van der Waals surface area contributed by atoms with Crippen LogP contribution in [0.5, 0.6) is 5.75 Å². The molecule has 5 heteroatoms. The minimum Gasteiger partial charge on any atom is -0.434 e. The smallest absolute Gasteiger partial charge is 0.387 e. The van der Waals surface area contributed by atoms with Crippen LogP contribution in [0.15, 0.2) is 24.3 Å². The van der Waals surface area contributed by atoms with E-state index in [0.29, 0.717) is 0 Å². The molecule has 0 heterocycles. The predicted molar refractivity (Wildman–Crippen MR) is 48.8 cm³/mol. The molecule has 0 saturated heterocycles. The Labute approximate surface area is 85.1 Å². The summed E-state index contributed by atoms with van der Waals surface area (Å²) < 4.78 is 28.1. The minimum absolute atomic E-state index is 0.0457. The van der Waals surface area contributed by atoms with Gasteiger partial charge in [-0.05, 0) is 6.07 Å². The van der Waals surface area contributed by atoms with E-state index in [2.05, 4.69) is 4.74 Å². The van der Waals surface area contributed by atoms with E-state index in [-0.39, 0.29) is 17.2 Å². The van der Waals surface area contributed by atoms with Gasteiger partial charge in [0.15, 0.2) is 0 Å². The van der Waals surface area contributed by atoms with Gasteiger partial charge >= 0.3 is 6.61 Å². The Bertz CT molecular complexity index is 294. The van der Waals surface area contributed by atoms with Crippen molar-refractivity contribution in [1.29, 1.82) is 0 Å². The Morgan fingerprint density at radius 3 is 2.57 bits per heavy atom. The highest BCUT2D eigenvalue weighted by Crippen LogP contribution is 2.26. The molecule has 0 aromatic heterocycles. The normalized spacial score (nSPS) is 12.9. The van der Waals surface area contributed by atoms with Crippen molar-refractivity contribution in [1.82, 2.24) is 0 Å². The van der Waals surface area contributed by atoms with Crippen LogP contribution < -0.4 is 4.74 Å². The molecule has 2 nitrogen and oxygen atoms in total. The number of para-hydroxylation sites is 1. The standard InChI is InChI=1S/C9H9ClF2O2/c10-5-7(13)6-3-1-2-4-8(6)14-9(11)12/h1-4,7,9,13H,5H2/t7-/m0/s1. The van der Waals surface area contributed by atoms with Crippen molar-refractivity contribution in [3.63, 3.8) is 0 Å². The SMILES string of the molecule is O[C@@H](CCl)c1ccccc1OC(F)F. The van der Waals surface area contributed by atoms with E-state index >= 15 is 0 Å². The molecule has 0 spiro atoms. The number of hydrogen-bond donors (Lipinski definition) is 1. The molecule has 14 heavy (non-hydrogen) atoms. The summed E-state index contributed by atoms with van der Waals surface area (Å²) in [6, 6.07) is 6.01. The summed E-state index contributed by atoms with van der Waals surface area (Å²) in [5, 5.41) is 9.37. The monoisotopic (exact) mass is 222 g/mol. The number of rotatable bonds is 4. The molecule has 0 aliphatic carbocycles. The zero-order chi connectivity index (χ0) is 10.6. The fourth-order valence-electron chi connectivity index (χ4n) is 1.04. The summed E-state index contributed by atoms with van der Waals surface area (Å²) >= 11 is 5.40. The van der Waals surface area contributed by atoms with Crippen LogP contribution in [0.1, 0.15) is 11.7 Å². The molecule has 0 aliphatic rings. The predicted octanol–water partition coefficient (Wildman–Crippen LogP) is 2.56. The van der Waals surface area contributed by atoms with Crippen molar-refractivity contribution < 1.29 is 18.6 Å². The Balaban J connectivity index is 2.91. The van der Waals surface area contributed by atoms with Crippen LogP contribution >= 0.6 is 11.6 Å². The van der Waals surface area contributed by atoms with Gasteiger partial charge in [0.1, 0.15) is 5.75 Å². The lowest BCUT2D eigenvalue weighted by atomic mass is 10.1. The molecule has 0 radical (unpaired) electrons. The first-order valence-electron chi connectivity index (χ1n) is 3.93. The number of hydrogen-bond acceptors (Lipinski definition) is 2. The summed E-state index contributed by atoms with van der Waals surface area (Å²) in [6.07, 6.45) is -0.994. The Kier molecular flexibility index (Phi) is 4.10. The number of ether oxygens (including phenoxy) is 1. The maximum atomic E-state index is 11.9. The number of alkyl halides is 3. The van der Waals surface area contributed by atoms with E-state index < -0.39 is 12.7 Å². The van der Waals surface area contributed by atoms with Crippen LogP contribution in [0, 0.1) is 0 Å². The van der Waals surface area contributed by atoms with E-state index in [0.717, 1.165) is 0 Å². The summed E-state index contributed by atoms with van der Waals surface area (Å²) in [4.78, 5) is 0. The Morgan fingerprint density at radius 2 is 2.00 bits per heavy atom. The maximum absolute atomic E-state index is 11.9. The molecule has 0 aliphatic heterocycles. The quantitative estimate of drug-likeness (QED) is 0.794. The molecule has 1 aromatic carbocycles. The van der Waals surface area contributed by atoms with Gasteiger partial charge in [-0.2, -0.15) is 8.78 Å². The second-order valence-electron chi connectivity index (χ2n) is 2.59. The highest BCUT2D eigenvalue weighted by molar-refractivity contribution is 6.18. The zero-order valence-corrected chi connectivity index (χ0v) is 7.92. The zero-order valence-electron chi connectivity index (χ0n) is 7.16. The number of aliphatic hydroxyl groups excluding tert-OH is 1. The first kappa shape index (κ1) is 11.2. The van der Waals surface area contributed by atoms with E-state index in [1.54, 1.807) is 12.1 Å². The van der Waals surface area contributed by atoms with Crippen molar-refractivity contribution in [3.05, 3.63) is 29.8 Å². The van der Waals surface area contributed by atoms with E-state index in [4.69, 9.17) is 11.6 Å². The molecule has 1 aromatic rings. The maximum Gasteiger partial charge on any atom is 0.387 e. The summed E-state index contributed by atoms with van der Waals surface area (Å²) in [7, 11) is 0. The fraction of sp³-hybridized carbons (Fsp3) is 0.333. The molecule has 0 saturated carbocycles. The average molecular weight is 223 g/mol. The van der Waals surface area contributed by atoms with Crippen molar-refractivity contribution in [3.8, 4) is 5.75 Å². The lowest BCUT2D eigenvalue weighted by Crippen LogP contribution is -2.07. The third-order valence-corrected chi connectivity index (χ3v) is 1.93. The van der Waals surface area contributed by atoms with Gasteiger partial charge in [-0.1, -0.05) is 18.2 Å². The molecule has 1 N–H and O–H groups in total. The lowest BCUT2D eigenvalue weighted by molar-refractivity contribution is -0.0513. The Morgan fingerprint density at radius 1 is 1.36 bits per heavy atom. The van der Waals surface area contributed by atoms with Crippen LogP contribution in [-0.2, 0) is 0 Å². The summed E-state index contributed by atoms with van der Waals surface area (Å²) in [6.45, 7) is -2.90. The number of benzene rings is 1. The molecule has 0 amide bonds. The first-order chi connectivity index (χ1) is 6.65. The van der Waals surface area contributed by atoms with E-state index in [1.165, 1.54) is 12.1 Å². The lowest BCUT2D eigenvalue weighted by Gasteiger charge is -2.13. The van der Waals surface area contributed by atoms with Crippen molar-refractivity contribution in [2.24, 2.45) is 0 Å². The first-order valence-corrected chi connectivity index (χ1v) is 4.46. The van der Waals surface area contributed by atoms with Crippen LogP contribution in [0.3, 0.4) is 0 Å². The van der Waals surface area contributed by atoms with Crippen molar-refractivity contribution in [2.45, 2.75) is 12.7 Å². The number of aliphatic hydroxyl groups is 1.